The fourth-order valence-corrected chi connectivity index (χ4v) is 5.26. The minimum absolute atomic E-state index is 0.0203. The van der Waals surface area contributed by atoms with Gasteiger partial charge in [0.15, 0.2) is 0 Å². The molecule has 1 aliphatic carbocycles. The van der Waals surface area contributed by atoms with Crippen LogP contribution in [0.15, 0.2) is 78.9 Å². The monoisotopic (exact) mass is 502 g/mol. The lowest BCUT2D eigenvalue weighted by atomic mass is 9.78. The molecule has 1 atom stereocenters. The minimum atomic E-state index is -0.478. The molecule has 0 amide bonds. The molecule has 3 aromatic carbocycles. The van der Waals surface area contributed by atoms with E-state index >= 15 is 0 Å². The number of esters is 1. The Morgan fingerprint density at radius 3 is 2.24 bits per heavy atom. The fourth-order valence-electron chi connectivity index (χ4n) is 5.26. The summed E-state index contributed by atoms with van der Waals surface area (Å²) in [5.41, 5.74) is 3.10. The third-order valence-corrected chi connectivity index (χ3v) is 7.55. The van der Waals surface area contributed by atoms with Crippen molar-refractivity contribution in [3.8, 4) is 5.75 Å². The smallest absolute Gasteiger partial charge is 0.314 e. The van der Waals surface area contributed by atoms with Crippen LogP contribution in [0.4, 0.5) is 8.78 Å². The maximum atomic E-state index is 15.0. The second-order valence-electron chi connectivity index (χ2n) is 10.2. The van der Waals surface area contributed by atoms with Crippen molar-refractivity contribution in [1.82, 2.24) is 0 Å². The zero-order chi connectivity index (χ0) is 26.2. The van der Waals surface area contributed by atoms with Gasteiger partial charge < -0.3 is 4.74 Å². The van der Waals surface area contributed by atoms with Crippen LogP contribution in [0.25, 0.3) is 0 Å². The number of hydrogen-bond acceptors (Lipinski definition) is 2. The average Bonchev–Trinajstić information content (AvgIpc) is 2.92. The maximum Gasteiger partial charge on any atom is 0.314 e. The van der Waals surface area contributed by atoms with Gasteiger partial charge in [-0.05, 0) is 105 Å². The van der Waals surface area contributed by atoms with Crippen molar-refractivity contribution in [1.29, 1.82) is 0 Å². The largest absolute Gasteiger partial charge is 0.426 e. The topological polar surface area (TPSA) is 26.3 Å². The Bertz CT molecular complexity index is 1170. The SMILES string of the molecule is C/C=C/CCc1ccc(OC(=O)C2CCC(c3cc(F)c(C[C@@H](C)c4ccccc4)c(F)c3)CC2)cc1. The number of allylic oxidation sites excluding steroid dienone is 2. The van der Waals surface area contributed by atoms with E-state index in [4.69, 9.17) is 4.74 Å². The summed E-state index contributed by atoms with van der Waals surface area (Å²) in [4.78, 5) is 12.7. The molecule has 4 heteroatoms. The normalized spacial score (nSPS) is 18.6. The second kappa shape index (κ2) is 12.8. The second-order valence-corrected chi connectivity index (χ2v) is 10.2. The maximum absolute atomic E-state index is 15.0. The van der Waals surface area contributed by atoms with E-state index in [9.17, 15) is 13.6 Å². The van der Waals surface area contributed by atoms with Gasteiger partial charge in [0.1, 0.15) is 17.4 Å². The van der Waals surface area contributed by atoms with Crippen LogP contribution in [-0.4, -0.2) is 5.97 Å². The lowest BCUT2D eigenvalue weighted by Crippen LogP contribution is -2.25. The Hall–Kier alpha value is -3.27. The highest BCUT2D eigenvalue weighted by atomic mass is 19.1. The Morgan fingerprint density at radius 1 is 0.973 bits per heavy atom. The summed E-state index contributed by atoms with van der Waals surface area (Å²) in [7, 11) is 0. The van der Waals surface area contributed by atoms with Crippen LogP contribution in [-0.2, 0) is 17.6 Å². The van der Waals surface area contributed by atoms with E-state index in [-0.39, 0.29) is 29.3 Å². The fraction of sp³-hybridized carbons (Fsp3) is 0.364. The molecule has 0 radical (unpaired) electrons. The lowest BCUT2D eigenvalue weighted by molar-refractivity contribution is -0.140. The summed E-state index contributed by atoms with van der Waals surface area (Å²) < 4.78 is 35.6. The van der Waals surface area contributed by atoms with Gasteiger partial charge in [-0.1, -0.05) is 61.5 Å². The molecule has 194 valence electrons. The van der Waals surface area contributed by atoms with E-state index in [1.54, 1.807) is 0 Å². The molecule has 0 aromatic heterocycles. The van der Waals surface area contributed by atoms with Crippen molar-refractivity contribution in [2.75, 3.05) is 0 Å². The van der Waals surface area contributed by atoms with Gasteiger partial charge in [-0.2, -0.15) is 0 Å². The van der Waals surface area contributed by atoms with Gasteiger partial charge in [0.25, 0.3) is 0 Å². The summed E-state index contributed by atoms with van der Waals surface area (Å²) in [6.07, 6.45) is 9.16. The summed E-state index contributed by atoms with van der Waals surface area (Å²) in [6, 6.07) is 20.5. The number of benzene rings is 3. The first-order chi connectivity index (χ1) is 17.9. The molecule has 0 aliphatic heterocycles. The predicted octanol–water partition coefficient (Wildman–Crippen LogP) is 8.70. The molecule has 4 rings (SSSR count). The van der Waals surface area contributed by atoms with Gasteiger partial charge in [-0.25, -0.2) is 8.78 Å². The quantitative estimate of drug-likeness (QED) is 0.166. The summed E-state index contributed by atoms with van der Waals surface area (Å²) in [6.45, 7) is 4.00. The van der Waals surface area contributed by atoms with E-state index in [0.29, 0.717) is 43.4 Å². The Morgan fingerprint density at radius 2 is 1.62 bits per heavy atom. The van der Waals surface area contributed by atoms with Gasteiger partial charge in [-0.15, -0.1) is 0 Å². The molecule has 0 heterocycles. The van der Waals surface area contributed by atoms with Crippen molar-refractivity contribution < 1.29 is 18.3 Å². The number of aryl methyl sites for hydroxylation is 1. The minimum Gasteiger partial charge on any atom is -0.426 e. The number of rotatable bonds is 9. The molecule has 0 saturated heterocycles. The van der Waals surface area contributed by atoms with Crippen molar-refractivity contribution in [2.24, 2.45) is 5.92 Å². The van der Waals surface area contributed by atoms with Gasteiger partial charge in [0.05, 0.1) is 5.92 Å². The summed E-state index contributed by atoms with van der Waals surface area (Å²) in [5, 5.41) is 0. The van der Waals surface area contributed by atoms with Crippen molar-refractivity contribution in [2.45, 2.75) is 70.6 Å². The Balaban J connectivity index is 1.31. The van der Waals surface area contributed by atoms with E-state index in [0.717, 1.165) is 18.4 Å². The van der Waals surface area contributed by atoms with Crippen LogP contribution < -0.4 is 4.74 Å². The van der Waals surface area contributed by atoms with Crippen LogP contribution in [0, 0.1) is 17.6 Å². The highest BCUT2D eigenvalue weighted by Gasteiger charge is 2.29. The molecule has 1 saturated carbocycles. The van der Waals surface area contributed by atoms with Gasteiger partial charge in [0.2, 0.25) is 0 Å². The zero-order valence-electron chi connectivity index (χ0n) is 21.8. The summed E-state index contributed by atoms with van der Waals surface area (Å²) in [5.74, 6) is -0.737. The molecule has 1 aliphatic rings. The molecule has 0 N–H and O–H groups in total. The summed E-state index contributed by atoms with van der Waals surface area (Å²) >= 11 is 0. The van der Waals surface area contributed by atoms with Gasteiger partial charge in [-0.3, -0.25) is 4.79 Å². The molecule has 0 bridgehead atoms. The molecule has 0 unspecified atom stereocenters. The van der Waals surface area contributed by atoms with Crippen molar-refractivity contribution in [3.05, 3.63) is 113 Å². The standard InChI is InChI=1S/C33H36F2O2/c1-3-4-6-9-24-12-18-29(19-13-24)37-33(36)27-16-14-26(15-17-27)28-21-31(34)30(32(35)22-28)20-23(2)25-10-7-5-8-11-25/h3-5,7-8,10-13,18-19,21-23,26-27H,6,9,14-17,20H2,1-2H3/b4-3+/t23-,26?,27?/m1/s1. The van der Waals surface area contributed by atoms with E-state index in [1.165, 1.54) is 17.7 Å². The van der Waals surface area contributed by atoms with Gasteiger partial charge in [0, 0.05) is 5.56 Å². The number of carbonyl (C=O) groups is 1. The predicted molar refractivity (Wildman–Crippen MR) is 145 cm³/mol. The first-order valence-corrected chi connectivity index (χ1v) is 13.4. The van der Waals surface area contributed by atoms with Crippen LogP contribution in [0.1, 0.15) is 80.0 Å². The van der Waals surface area contributed by atoms with E-state index < -0.39 is 11.6 Å². The van der Waals surface area contributed by atoms with Crippen molar-refractivity contribution in [3.63, 3.8) is 0 Å². The van der Waals surface area contributed by atoms with Crippen molar-refractivity contribution >= 4 is 5.97 Å². The molecule has 1 fully saturated rings. The highest BCUT2D eigenvalue weighted by Crippen LogP contribution is 2.38. The molecule has 3 aromatic rings. The lowest BCUT2D eigenvalue weighted by Gasteiger charge is -2.28. The van der Waals surface area contributed by atoms with Crippen LogP contribution in [0.5, 0.6) is 5.75 Å². The molecular formula is C33H36F2O2. The number of halogens is 2. The first-order valence-electron chi connectivity index (χ1n) is 13.4. The van der Waals surface area contributed by atoms with E-state index in [1.807, 2.05) is 74.5 Å². The number of carbonyl (C=O) groups excluding carboxylic acids is 1. The number of hydrogen-bond donors (Lipinski definition) is 0. The van der Waals surface area contributed by atoms with E-state index in [2.05, 4.69) is 6.08 Å². The van der Waals surface area contributed by atoms with Crippen LogP contribution in [0.3, 0.4) is 0 Å². The number of ether oxygens (including phenoxy) is 1. The molecule has 0 spiro atoms. The Labute approximate surface area is 219 Å². The zero-order valence-corrected chi connectivity index (χ0v) is 21.8. The molecular weight excluding hydrogens is 466 g/mol. The van der Waals surface area contributed by atoms with Crippen LogP contribution >= 0.6 is 0 Å². The first kappa shape index (κ1) is 26.8. The van der Waals surface area contributed by atoms with Crippen LogP contribution in [0.2, 0.25) is 0 Å². The average molecular weight is 503 g/mol. The van der Waals surface area contributed by atoms with Gasteiger partial charge >= 0.3 is 5.97 Å². The third kappa shape index (κ3) is 7.15. The molecule has 37 heavy (non-hydrogen) atoms. The third-order valence-electron chi connectivity index (χ3n) is 7.55. The highest BCUT2D eigenvalue weighted by molar-refractivity contribution is 5.75. The molecule has 2 nitrogen and oxygen atoms in total. The Kier molecular flexibility index (Phi) is 9.27.